The van der Waals surface area contributed by atoms with Gasteiger partial charge in [0, 0.05) is 0 Å². The van der Waals surface area contributed by atoms with Gasteiger partial charge in [-0.15, -0.1) is 0 Å². The molecule has 0 aromatic carbocycles. The van der Waals surface area contributed by atoms with E-state index in [9.17, 15) is 14.4 Å². The Labute approximate surface area is 155 Å². The fourth-order valence-electron chi connectivity index (χ4n) is 0.714. The Morgan fingerprint density at radius 1 is 0.875 bits per heavy atom. The van der Waals surface area contributed by atoms with Crippen molar-refractivity contribution in [2.24, 2.45) is 0 Å². The summed E-state index contributed by atoms with van der Waals surface area (Å²) in [4.78, 5) is 52.0. The van der Waals surface area contributed by atoms with Gasteiger partial charge < -0.3 is 55.7 Å². The van der Waals surface area contributed by atoms with Crippen LogP contribution in [0, 0.1) is 0 Å². The van der Waals surface area contributed by atoms with Gasteiger partial charge in [-0.1, -0.05) is 0 Å². The molecule has 0 saturated heterocycles. The summed E-state index contributed by atoms with van der Waals surface area (Å²) >= 11 is 0. The van der Waals surface area contributed by atoms with Crippen molar-refractivity contribution in [3.8, 4) is 0 Å². The second-order valence-electron chi connectivity index (χ2n) is 3.34. The van der Waals surface area contributed by atoms with E-state index >= 15 is 0 Å². The molecule has 0 aromatic heterocycles. The molecule has 11 N–H and O–H groups in total. The molecule has 0 saturated carbocycles. The van der Waals surface area contributed by atoms with Crippen molar-refractivity contribution in [2.45, 2.75) is 18.4 Å². The monoisotopic (exact) mass is 392 g/mol. The van der Waals surface area contributed by atoms with Crippen LogP contribution in [-0.2, 0) is 18.9 Å². The molecule has 138 valence electrons. The second kappa shape index (κ2) is 15.9. The minimum Gasteiger partial charge on any atom is -0.870 e. The van der Waals surface area contributed by atoms with Crippen LogP contribution in [0.5, 0.6) is 0 Å². The fraction of sp³-hybridized carbons (Fsp3) is 0.500. The average Bonchev–Trinajstić information content (AvgIpc) is 2.09. The van der Waals surface area contributed by atoms with Gasteiger partial charge >= 0.3 is 62.6 Å². The van der Waals surface area contributed by atoms with E-state index in [0.717, 1.165) is 0 Å². The number of carbonyl (C=O) groups is 3. The number of aliphatic carboxylic acids is 3. The zero-order valence-corrected chi connectivity index (χ0v) is 14.9. The molecular formula is C6H15BNaO15P. The number of rotatable bonds is 5. The van der Waals surface area contributed by atoms with E-state index in [4.69, 9.17) is 54.7 Å². The Morgan fingerprint density at radius 3 is 1.12 bits per heavy atom. The molecule has 15 nitrogen and oxygen atoms in total. The van der Waals surface area contributed by atoms with Crippen molar-refractivity contribution in [3.63, 3.8) is 0 Å². The van der Waals surface area contributed by atoms with Crippen LogP contribution < -0.4 is 29.6 Å². The van der Waals surface area contributed by atoms with Crippen LogP contribution in [0.2, 0.25) is 0 Å². The molecule has 0 aliphatic carbocycles. The molecule has 0 heterocycles. The maximum Gasteiger partial charge on any atom is 1.00 e. The van der Waals surface area contributed by atoms with Gasteiger partial charge in [0.2, 0.25) is 0 Å². The molecule has 0 aliphatic rings. The van der Waals surface area contributed by atoms with Crippen LogP contribution in [0.3, 0.4) is 0 Å². The van der Waals surface area contributed by atoms with Crippen LogP contribution in [-0.4, -0.2) is 86.5 Å². The van der Waals surface area contributed by atoms with Crippen LogP contribution in [0.1, 0.15) is 12.8 Å². The molecule has 0 atom stereocenters. The first-order valence-electron chi connectivity index (χ1n) is 4.73. The van der Waals surface area contributed by atoms with Gasteiger partial charge in [0.25, 0.3) is 0 Å². The number of carboxylic acids is 3. The van der Waals surface area contributed by atoms with E-state index < -0.39 is 51.5 Å². The van der Waals surface area contributed by atoms with Crippen molar-refractivity contribution < 1.29 is 104 Å². The summed E-state index contributed by atoms with van der Waals surface area (Å²) in [6.07, 6.45) is -2.29. The van der Waals surface area contributed by atoms with E-state index in [2.05, 4.69) is 0 Å². The fourth-order valence-corrected chi connectivity index (χ4v) is 0.714. The summed E-state index contributed by atoms with van der Waals surface area (Å²) in [6.45, 7) is 0. The quantitative estimate of drug-likeness (QED) is 0.153. The Kier molecular flexibility index (Phi) is 22.9. The molecule has 24 heavy (non-hydrogen) atoms. The van der Waals surface area contributed by atoms with Crippen molar-refractivity contribution >= 4 is 33.1 Å². The maximum absolute atomic E-state index is 10.3. The average molecular weight is 392 g/mol. The molecule has 18 heteroatoms. The number of carboxylic acid groups (broad SMARTS) is 3. The third kappa shape index (κ3) is 37.5. The smallest absolute Gasteiger partial charge is 0.870 e. The topological polar surface area (TPSA) is 301 Å². The molecular weight excluding hydrogens is 377 g/mol. The summed E-state index contributed by atoms with van der Waals surface area (Å²) in [6, 6.07) is 0. The predicted molar refractivity (Wildman–Crippen MR) is 65.7 cm³/mol. The summed E-state index contributed by atoms with van der Waals surface area (Å²) < 4.78 is 8.88. The molecule has 0 rings (SSSR count). The van der Waals surface area contributed by atoms with Gasteiger partial charge in [-0.3, -0.25) is 9.59 Å². The third-order valence-corrected chi connectivity index (χ3v) is 1.29. The molecule has 0 fully saturated rings. The van der Waals surface area contributed by atoms with Gasteiger partial charge in [-0.25, -0.2) is 9.36 Å². The SMILES string of the molecule is O=C(O)CC(O)(CC(=O)O)C(=O)O.O=P(O)(O)O.OB(O)O.[Na+].[OH-]. The number of phosphoric acid groups is 1. The third-order valence-electron chi connectivity index (χ3n) is 1.29. The first-order chi connectivity index (χ1) is 9.51. The Morgan fingerprint density at radius 2 is 1.04 bits per heavy atom. The zero-order valence-electron chi connectivity index (χ0n) is 12.0. The normalized spacial score (nSPS) is 9.46. The minimum atomic E-state index is -4.64. The van der Waals surface area contributed by atoms with Crippen LogP contribution in [0.15, 0.2) is 0 Å². The molecule has 0 bridgehead atoms. The minimum absolute atomic E-state index is 0. The van der Waals surface area contributed by atoms with E-state index in [-0.39, 0.29) is 35.0 Å². The summed E-state index contributed by atoms with van der Waals surface area (Å²) in [5.74, 6) is -5.02. The van der Waals surface area contributed by atoms with Crippen LogP contribution in [0.4, 0.5) is 0 Å². The maximum atomic E-state index is 10.3. The second-order valence-corrected chi connectivity index (χ2v) is 4.36. The number of aliphatic hydroxyl groups is 1. The van der Waals surface area contributed by atoms with E-state index in [0.29, 0.717) is 0 Å². The van der Waals surface area contributed by atoms with E-state index in [1.807, 2.05) is 0 Å². The van der Waals surface area contributed by atoms with E-state index in [1.54, 1.807) is 0 Å². The molecule has 0 aromatic rings. The van der Waals surface area contributed by atoms with Gasteiger partial charge in [0.1, 0.15) is 0 Å². The Bertz CT molecular complexity index is 393. The molecule has 0 radical (unpaired) electrons. The van der Waals surface area contributed by atoms with Gasteiger partial charge in [0.05, 0.1) is 12.8 Å². The summed E-state index contributed by atoms with van der Waals surface area (Å²) in [7, 11) is -6.81. The van der Waals surface area contributed by atoms with Crippen LogP contribution >= 0.6 is 7.82 Å². The Balaban J connectivity index is -0.0000000919. The van der Waals surface area contributed by atoms with Gasteiger partial charge in [-0.05, 0) is 0 Å². The van der Waals surface area contributed by atoms with E-state index in [1.165, 1.54) is 0 Å². The summed E-state index contributed by atoms with van der Waals surface area (Å²) in [5.41, 5.74) is -2.74. The van der Waals surface area contributed by atoms with Crippen molar-refractivity contribution in [1.82, 2.24) is 0 Å². The number of hydrogen-bond acceptors (Lipinski definition) is 9. The first-order valence-corrected chi connectivity index (χ1v) is 6.29. The largest absolute Gasteiger partial charge is 1.00 e. The Hall–Kier alpha value is -0.615. The predicted octanol–water partition coefficient (Wildman–Crippen LogP) is -7.40. The molecule has 0 amide bonds. The number of hydrogen-bond donors (Lipinski definition) is 10. The molecule has 0 unspecified atom stereocenters. The van der Waals surface area contributed by atoms with Crippen molar-refractivity contribution in [1.29, 1.82) is 0 Å². The van der Waals surface area contributed by atoms with Gasteiger partial charge in [-0.2, -0.15) is 0 Å². The molecule has 0 spiro atoms. The summed E-state index contributed by atoms with van der Waals surface area (Å²) in [5, 5.41) is 55.3. The van der Waals surface area contributed by atoms with Crippen molar-refractivity contribution in [2.75, 3.05) is 0 Å². The standard InChI is InChI=1S/C6H8O7.BH3O3.Na.H3O4P.H2O/c7-3(8)1-6(13,5(11)12)2-4(9)10;2-1(3)4;;1-5(2,3)4;/h13H,1-2H2,(H,7,8)(H,9,10)(H,11,12);2-4H;;(H3,1,2,3,4);1H2/q;;+1;;/p-1. The van der Waals surface area contributed by atoms with Gasteiger partial charge in [0.15, 0.2) is 5.60 Å². The first kappa shape index (κ1) is 34.7. The van der Waals surface area contributed by atoms with Crippen molar-refractivity contribution in [3.05, 3.63) is 0 Å². The van der Waals surface area contributed by atoms with Crippen LogP contribution in [0.25, 0.3) is 0 Å². The zero-order chi connectivity index (χ0) is 18.7. The molecule has 0 aliphatic heterocycles.